The van der Waals surface area contributed by atoms with Gasteiger partial charge in [-0.25, -0.2) is 0 Å². The summed E-state index contributed by atoms with van der Waals surface area (Å²) in [6.45, 7) is 0. The largest absolute Gasteiger partial charge is 0.298 e. The molecule has 0 aliphatic heterocycles. The molecule has 0 atom stereocenters. The fourth-order valence-electron chi connectivity index (χ4n) is 2.03. The van der Waals surface area contributed by atoms with Crippen LogP contribution in [0.25, 0.3) is 21.9 Å². The fourth-order valence-corrected chi connectivity index (χ4v) is 2.03. The molecule has 1 aromatic carbocycles. The maximum Gasteiger partial charge on any atom is 0.151 e. The van der Waals surface area contributed by atoms with Gasteiger partial charge >= 0.3 is 0 Å². The maximum atomic E-state index is 10.8. The van der Waals surface area contributed by atoms with Crippen LogP contribution in [0.2, 0.25) is 0 Å². The van der Waals surface area contributed by atoms with E-state index in [1.807, 2.05) is 36.5 Å². The number of carbonyl (C=O) groups excluding carboxylic acids is 1. The highest BCUT2D eigenvalue weighted by atomic mass is 16.1. The van der Waals surface area contributed by atoms with Gasteiger partial charge in [0.2, 0.25) is 0 Å². The normalized spacial score (nSPS) is 10.4. The van der Waals surface area contributed by atoms with Crippen molar-refractivity contribution in [2.45, 2.75) is 0 Å². The summed E-state index contributed by atoms with van der Waals surface area (Å²) in [4.78, 5) is 19.0. The van der Waals surface area contributed by atoms with Crippen molar-refractivity contribution in [3.8, 4) is 11.1 Å². The Kier molecular flexibility index (Phi) is 2.57. The molecule has 3 rings (SSSR count). The number of fused-ring (bicyclic) bond motifs is 1. The van der Waals surface area contributed by atoms with Crippen molar-refractivity contribution < 1.29 is 4.79 Å². The molecule has 3 aromatic rings. The van der Waals surface area contributed by atoms with Gasteiger partial charge in [-0.15, -0.1) is 0 Å². The number of carbonyl (C=O) groups is 1. The van der Waals surface area contributed by atoms with Crippen LogP contribution in [0.15, 0.2) is 55.1 Å². The molecule has 0 saturated carbocycles. The van der Waals surface area contributed by atoms with Gasteiger partial charge in [-0.3, -0.25) is 14.8 Å². The zero-order valence-corrected chi connectivity index (χ0v) is 9.58. The van der Waals surface area contributed by atoms with Crippen LogP contribution in [0.4, 0.5) is 0 Å². The second kappa shape index (κ2) is 4.37. The molecule has 0 spiro atoms. The second-order valence-corrected chi connectivity index (χ2v) is 4.03. The lowest BCUT2D eigenvalue weighted by Gasteiger charge is -2.06. The number of benzene rings is 1. The van der Waals surface area contributed by atoms with Crippen molar-refractivity contribution in [3.05, 3.63) is 60.7 Å². The topological polar surface area (TPSA) is 42.9 Å². The Balaban J connectivity index is 2.27. The zero-order chi connectivity index (χ0) is 12.4. The highest BCUT2D eigenvalue weighted by molar-refractivity contribution is 5.96. The average Bonchev–Trinajstić information content (AvgIpc) is 2.47. The summed E-state index contributed by atoms with van der Waals surface area (Å²) in [5.74, 6) is 0. The second-order valence-electron chi connectivity index (χ2n) is 4.03. The van der Waals surface area contributed by atoms with Crippen LogP contribution in [0.3, 0.4) is 0 Å². The SMILES string of the molecule is O=Cc1cncc(-c2cccc3ccncc23)c1. The minimum Gasteiger partial charge on any atom is -0.298 e. The number of hydrogen-bond acceptors (Lipinski definition) is 3. The minimum absolute atomic E-state index is 0.577. The number of aldehydes is 1. The summed E-state index contributed by atoms with van der Waals surface area (Å²) >= 11 is 0. The van der Waals surface area contributed by atoms with Crippen LogP contribution in [0, 0.1) is 0 Å². The Morgan fingerprint density at radius 1 is 1.00 bits per heavy atom. The third-order valence-electron chi connectivity index (χ3n) is 2.89. The molecular formula is C15H10N2O. The summed E-state index contributed by atoms with van der Waals surface area (Å²) in [6.07, 6.45) is 7.72. The Bertz CT molecular complexity index is 717. The number of hydrogen-bond donors (Lipinski definition) is 0. The van der Waals surface area contributed by atoms with Gasteiger partial charge in [0.25, 0.3) is 0 Å². The monoisotopic (exact) mass is 234 g/mol. The van der Waals surface area contributed by atoms with E-state index in [2.05, 4.69) is 9.97 Å². The van der Waals surface area contributed by atoms with Crippen LogP contribution in [0.1, 0.15) is 10.4 Å². The molecule has 0 N–H and O–H groups in total. The summed E-state index contributed by atoms with van der Waals surface area (Å²) in [5.41, 5.74) is 2.54. The van der Waals surface area contributed by atoms with Crippen LogP contribution in [-0.4, -0.2) is 16.3 Å². The molecule has 0 saturated heterocycles. The zero-order valence-electron chi connectivity index (χ0n) is 9.58. The van der Waals surface area contributed by atoms with E-state index in [1.54, 1.807) is 18.6 Å². The molecule has 0 unspecified atom stereocenters. The first kappa shape index (κ1) is 10.6. The van der Waals surface area contributed by atoms with Crippen molar-refractivity contribution in [2.75, 3.05) is 0 Å². The van der Waals surface area contributed by atoms with Gasteiger partial charge in [0.15, 0.2) is 6.29 Å². The summed E-state index contributed by atoms with van der Waals surface area (Å²) in [5, 5.41) is 2.18. The average molecular weight is 234 g/mol. The predicted molar refractivity (Wildman–Crippen MR) is 70.4 cm³/mol. The van der Waals surface area contributed by atoms with E-state index in [0.29, 0.717) is 5.56 Å². The lowest BCUT2D eigenvalue weighted by atomic mass is 10.0. The van der Waals surface area contributed by atoms with Crippen molar-refractivity contribution in [1.29, 1.82) is 0 Å². The van der Waals surface area contributed by atoms with Gasteiger partial charge in [-0.2, -0.15) is 0 Å². The van der Waals surface area contributed by atoms with Gasteiger partial charge in [0, 0.05) is 41.3 Å². The molecule has 18 heavy (non-hydrogen) atoms. The molecule has 0 aliphatic carbocycles. The van der Waals surface area contributed by atoms with E-state index in [0.717, 1.165) is 28.2 Å². The third-order valence-corrected chi connectivity index (χ3v) is 2.89. The van der Waals surface area contributed by atoms with E-state index in [-0.39, 0.29) is 0 Å². The molecule has 0 bridgehead atoms. The third kappa shape index (κ3) is 1.76. The van der Waals surface area contributed by atoms with Crippen molar-refractivity contribution >= 4 is 17.1 Å². The molecule has 0 fully saturated rings. The molecule has 2 aromatic heterocycles. The van der Waals surface area contributed by atoms with E-state index in [4.69, 9.17) is 0 Å². The van der Waals surface area contributed by atoms with E-state index >= 15 is 0 Å². The first-order valence-electron chi connectivity index (χ1n) is 5.62. The quantitative estimate of drug-likeness (QED) is 0.640. The molecule has 86 valence electrons. The van der Waals surface area contributed by atoms with Gasteiger partial charge < -0.3 is 0 Å². The van der Waals surface area contributed by atoms with Gasteiger partial charge in [-0.05, 0) is 23.1 Å². The highest BCUT2D eigenvalue weighted by Gasteiger charge is 2.04. The first-order chi connectivity index (χ1) is 8.88. The number of pyridine rings is 2. The lowest BCUT2D eigenvalue weighted by molar-refractivity contribution is 0.112. The molecule has 0 aliphatic rings. The van der Waals surface area contributed by atoms with E-state index < -0.39 is 0 Å². The van der Waals surface area contributed by atoms with Crippen LogP contribution in [0.5, 0.6) is 0 Å². The molecular weight excluding hydrogens is 224 g/mol. The first-order valence-corrected chi connectivity index (χ1v) is 5.62. The summed E-state index contributed by atoms with van der Waals surface area (Å²) < 4.78 is 0. The molecule has 3 heteroatoms. The van der Waals surface area contributed by atoms with E-state index in [9.17, 15) is 4.79 Å². The van der Waals surface area contributed by atoms with Gasteiger partial charge in [0.05, 0.1) is 0 Å². The smallest absolute Gasteiger partial charge is 0.151 e. The van der Waals surface area contributed by atoms with Crippen molar-refractivity contribution in [1.82, 2.24) is 9.97 Å². The van der Waals surface area contributed by atoms with Gasteiger partial charge in [-0.1, -0.05) is 18.2 Å². The molecule has 2 heterocycles. The standard InChI is InChI=1S/C15H10N2O/c18-10-11-6-13(8-17-7-11)14-3-1-2-12-4-5-16-9-15(12)14/h1-10H. The Labute approximate surface area is 104 Å². The summed E-state index contributed by atoms with van der Waals surface area (Å²) in [7, 11) is 0. The van der Waals surface area contributed by atoms with Crippen LogP contribution in [-0.2, 0) is 0 Å². The maximum absolute atomic E-state index is 10.8. The predicted octanol–water partition coefficient (Wildman–Crippen LogP) is 3.11. The lowest BCUT2D eigenvalue weighted by Crippen LogP contribution is -1.87. The van der Waals surface area contributed by atoms with E-state index in [1.165, 1.54) is 0 Å². The van der Waals surface area contributed by atoms with Crippen molar-refractivity contribution in [2.24, 2.45) is 0 Å². The molecule has 0 radical (unpaired) electrons. The fraction of sp³-hybridized carbons (Fsp3) is 0. The summed E-state index contributed by atoms with van der Waals surface area (Å²) in [6, 6.07) is 9.84. The number of nitrogens with zero attached hydrogens (tertiary/aromatic N) is 2. The van der Waals surface area contributed by atoms with Crippen LogP contribution < -0.4 is 0 Å². The minimum atomic E-state index is 0.577. The van der Waals surface area contributed by atoms with Crippen molar-refractivity contribution in [3.63, 3.8) is 0 Å². The van der Waals surface area contributed by atoms with Gasteiger partial charge in [0.1, 0.15) is 0 Å². The number of rotatable bonds is 2. The molecule has 0 amide bonds. The Hall–Kier alpha value is -2.55. The molecule has 3 nitrogen and oxygen atoms in total. The number of aromatic nitrogens is 2. The highest BCUT2D eigenvalue weighted by Crippen LogP contribution is 2.27. The van der Waals surface area contributed by atoms with Crippen LogP contribution >= 0.6 is 0 Å². The Morgan fingerprint density at radius 3 is 2.83 bits per heavy atom. The Morgan fingerprint density at radius 2 is 1.94 bits per heavy atom.